The summed E-state index contributed by atoms with van der Waals surface area (Å²) in [5.74, 6) is 1.08. The van der Waals surface area contributed by atoms with E-state index < -0.39 is 0 Å². The number of hydrogen-bond acceptors (Lipinski definition) is 5. The van der Waals surface area contributed by atoms with Gasteiger partial charge in [-0.15, -0.1) is 11.3 Å². The minimum Gasteiger partial charge on any atom is -0.489 e. The van der Waals surface area contributed by atoms with Crippen LogP contribution in [0.25, 0.3) is 10.1 Å². The molecule has 0 aliphatic rings. The number of ether oxygens (including phenoxy) is 1. The number of rotatable bonds is 5. The fraction of sp³-hybridized carbons (Fsp3) is 0.0500. The van der Waals surface area contributed by atoms with E-state index in [1.807, 2.05) is 29.6 Å². The summed E-state index contributed by atoms with van der Waals surface area (Å²) in [7, 11) is 0. The van der Waals surface area contributed by atoms with Crippen molar-refractivity contribution in [2.45, 2.75) is 6.61 Å². The molecule has 0 bridgehead atoms. The number of amides is 1. The number of pyridine rings is 2. The molecule has 0 spiro atoms. The van der Waals surface area contributed by atoms with Crippen molar-refractivity contribution in [1.29, 1.82) is 0 Å². The maximum Gasteiger partial charge on any atom is 0.256 e. The standard InChI is InChI=1S/C20H15N3O2S/c24-20(23-19-17-8-12-26-18(17)7-11-22-19)15-1-3-16(4-2-15)25-13-14-5-9-21-10-6-14/h1-12H,13H2,(H,22,23,24). The number of nitrogens with zero attached hydrogens (tertiary/aromatic N) is 2. The first-order chi connectivity index (χ1) is 12.8. The zero-order chi connectivity index (χ0) is 17.8. The Bertz CT molecular complexity index is 1030. The van der Waals surface area contributed by atoms with Crippen molar-refractivity contribution in [2.75, 3.05) is 5.32 Å². The van der Waals surface area contributed by atoms with Crippen molar-refractivity contribution in [1.82, 2.24) is 9.97 Å². The van der Waals surface area contributed by atoms with Crippen LogP contribution in [0.5, 0.6) is 5.75 Å². The monoisotopic (exact) mass is 361 g/mol. The van der Waals surface area contributed by atoms with Crippen molar-refractivity contribution in [3.8, 4) is 5.75 Å². The zero-order valence-electron chi connectivity index (χ0n) is 13.8. The third-order valence-corrected chi connectivity index (χ3v) is 4.77. The summed E-state index contributed by atoms with van der Waals surface area (Å²) in [4.78, 5) is 20.7. The Morgan fingerprint density at radius 1 is 1.00 bits per heavy atom. The predicted molar refractivity (Wildman–Crippen MR) is 103 cm³/mol. The second-order valence-electron chi connectivity index (χ2n) is 5.61. The molecule has 0 aliphatic carbocycles. The average Bonchev–Trinajstić information content (AvgIpc) is 3.17. The number of anilines is 1. The lowest BCUT2D eigenvalue weighted by Gasteiger charge is -2.08. The summed E-state index contributed by atoms with van der Waals surface area (Å²) in [6.45, 7) is 0.456. The molecule has 0 fully saturated rings. The van der Waals surface area contributed by atoms with Gasteiger partial charge in [0, 0.05) is 34.2 Å². The summed E-state index contributed by atoms with van der Waals surface area (Å²) in [5.41, 5.74) is 1.59. The van der Waals surface area contributed by atoms with Gasteiger partial charge in [-0.25, -0.2) is 4.98 Å². The van der Waals surface area contributed by atoms with Crippen molar-refractivity contribution in [2.24, 2.45) is 0 Å². The van der Waals surface area contributed by atoms with Gasteiger partial charge in [0.1, 0.15) is 18.2 Å². The van der Waals surface area contributed by atoms with Gasteiger partial charge in [-0.2, -0.15) is 0 Å². The van der Waals surface area contributed by atoms with Crippen LogP contribution in [0, 0.1) is 0 Å². The minimum absolute atomic E-state index is 0.197. The van der Waals surface area contributed by atoms with Crippen LogP contribution in [0.15, 0.2) is 72.5 Å². The average molecular weight is 361 g/mol. The Morgan fingerprint density at radius 2 is 1.81 bits per heavy atom. The van der Waals surface area contributed by atoms with E-state index in [9.17, 15) is 4.79 Å². The van der Waals surface area contributed by atoms with Crippen LogP contribution in [0.2, 0.25) is 0 Å². The molecule has 26 heavy (non-hydrogen) atoms. The van der Waals surface area contributed by atoms with Crippen LogP contribution < -0.4 is 10.1 Å². The smallest absolute Gasteiger partial charge is 0.256 e. The maximum atomic E-state index is 12.5. The molecule has 0 atom stereocenters. The highest BCUT2D eigenvalue weighted by atomic mass is 32.1. The molecule has 0 aliphatic heterocycles. The van der Waals surface area contributed by atoms with Gasteiger partial charge in [0.05, 0.1) is 0 Å². The van der Waals surface area contributed by atoms with Gasteiger partial charge in [0.15, 0.2) is 0 Å². The van der Waals surface area contributed by atoms with Gasteiger partial charge in [0.2, 0.25) is 0 Å². The van der Waals surface area contributed by atoms with Gasteiger partial charge in [-0.1, -0.05) is 0 Å². The van der Waals surface area contributed by atoms with E-state index in [-0.39, 0.29) is 5.91 Å². The fourth-order valence-corrected chi connectivity index (χ4v) is 3.30. The third-order valence-electron chi connectivity index (χ3n) is 3.88. The molecule has 3 heterocycles. The first-order valence-electron chi connectivity index (χ1n) is 8.05. The fourth-order valence-electron chi connectivity index (χ4n) is 2.52. The first-order valence-corrected chi connectivity index (χ1v) is 8.93. The topological polar surface area (TPSA) is 64.1 Å². The van der Waals surface area contributed by atoms with Crippen LogP contribution in [0.4, 0.5) is 5.82 Å². The number of carbonyl (C=O) groups is 1. The van der Waals surface area contributed by atoms with Crippen molar-refractivity contribution in [3.05, 3.63) is 83.6 Å². The summed E-state index contributed by atoms with van der Waals surface area (Å²) in [5, 5.41) is 5.80. The Balaban J connectivity index is 1.43. The molecule has 3 aromatic heterocycles. The Labute approximate surface area is 154 Å². The highest BCUT2D eigenvalue weighted by molar-refractivity contribution is 7.17. The van der Waals surface area contributed by atoms with E-state index in [1.54, 1.807) is 54.2 Å². The van der Waals surface area contributed by atoms with Crippen molar-refractivity contribution >= 4 is 33.1 Å². The second-order valence-corrected chi connectivity index (χ2v) is 6.56. The molecule has 0 radical (unpaired) electrons. The Kier molecular flexibility index (Phi) is 4.57. The third kappa shape index (κ3) is 3.55. The van der Waals surface area contributed by atoms with Gasteiger partial charge in [-0.3, -0.25) is 9.78 Å². The Hall–Kier alpha value is -3.25. The van der Waals surface area contributed by atoms with Crippen LogP contribution >= 0.6 is 11.3 Å². The number of thiophene rings is 1. The van der Waals surface area contributed by atoms with Crippen LogP contribution in [-0.2, 0) is 6.61 Å². The predicted octanol–water partition coefficient (Wildman–Crippen LogP) is 4.52. The normalized spacial score (nSPS) is 10.6. The van der Waals surface area contributed by atoms with Crippen molar-refractivity contribution < 1.29 is 9.53 Å². The van der Waals surface area contributed by atoms with Crippen LogP contribution in [0.1, 0.15) is 15.9 Å². The van der Waals surface area contributed by atoms with Gasteiger partial charge < -0.3 is 10.1 Å². The highest BCUT2D eigenvalue weighted by Crippen LogP contribution is 2.26. The lowest BCUT2D eigenvalue weighted by Crippen LogP contribution is -2.13. The molecule has 6 heteroatoms. The summed E-state index contributed by atoms with van der Waals surface area (Å²) < 4.78 is 6.81. The van der Waals surface area contributed by atoms with Gasteiger partial charge >= 0.3 is 0 Å². The van der Waals surface area contributed by atoms with Gasteiger partial charge in [-0.05, 0) is 59.5 Å². The molecule has 4 rings (SSSR count). The SMILES string of the molecule is O=C(Nc1nccc2sccc12)c1ccc(OCc2ccncc2)cc1. The number of benzene rings is 1. The van der Waals surface area contributed by atoms with E-state index in [2.05, 4.69) is 15.3 Å². The van der Waals surface area contributed by atoms with E-state index in [0.717, 1.165) is 15.6 Å². The summed E-state index contributed by atoms with van der Waals surface area (Å²) in [6, 6.07) is 14.8. The molecule has 1 aromatic carbocycles. The van der Waals surface area contributed by atoms with Crippen LogP contribution in [-0.4, -0.2) is 15.9 Å². The molecule has 0 saturated heterocycles. The number of hydrogen-bond donors (Lipinski definition) is 1. The molecule has 4 aromatic rings. The molecular weight excluding hydrogens is 346 g/mol. The van der Waals surface area contributed by atoms with Gasteiger partial charge in [0.25, 0.3) is 5.91 Å². The largest absolute Gasteiger partial charge is 0.489 e. The van der Waals surface area contributed by atoms with Crippen LogP contribution in [0.3, 0.4) is 0 Å². The van der Waals surface area contributed by atoms with E-state index >= 15 is 0 Å². The lowest BCUT2D eigenvalue weighted by atomic mass is 10.2. The molecule has 0 unspecified atom stereocenters. The maximum absolute atomic E-state index is 12.5. The summed E-state index contributed by atoms with van der Waals surface area (Å²) >= 11 is 1.62. The number of fused-ring (bicyclic) bond motifs is 1. The number of nitrogens with one attached hydrogen (secondary N) is 1. The molecular formula is C20H15N3O2S. The lowest BCUT2D eigenvalue weighted by molar-refractivity contribution is 0.102. The minimum atomic E-state index is -0.197. The van der Waals surface area contributed by atoms with E-state index in [0.29, 0.717) is 23.7 Å². The van der Waals surface area contributed by atoms with Crippen molar-refractivity contribution in [3.63, 3.8) is 0 Å². The van der Waals surface area contributed by atoms with E-state index in [1.165, 1.54) is 0 Å². The second kappa shape index (κ2) is 7.33. The molecule has 1 N–H and O–H groups in total. The molecule has 1 amide bonds. The molecule has 0 saturated carbocycles. The van der Waals surface area contributed by atoms with E-state index in [4.69, 9.17) is 4.74 Å². The summed E-state index contributed by atoms with van der Waals surface area (Å²) in [6.07, 6.45) is 5.16. The number of aromatic nitrogens is 2. The molecule has 128 valence electrons. The molecule has 5 nitrogen and oxygen atoms in total. The number of carbonyl (C=O) groups excluding carboxylic acids is 1. The first kappa shape index (κ1) is 16.2. The zero-order valence-corrected chi connectivity index (χ0v) is 14.6. The highest BCUT2D eigenvalue weighted by Gasteiger charge is 2.10. The Morgan fingerprint density at radius 3 is 2.62 bits per heavy atom. The quantitative estimate of drug-likeness (QED) is 0.567.